The van der Waals surface area contributed by atoms with Crippen molar-refractivity contribution < 1.29 is 22.7 Å². The van der Waals surface area contributed by atoms with Gasteiger partial charge < -0.3 is 10.1 Å². The third-order valence-electron chi connectivity index (χ3n) is 3.52. The zero-order chi connectivity index (χ0) is 17.0. The number of rotatable bonds is 7. The van der Waals surface area contributed by atoms with Crippen LogP contribution in [-0.2, 0) is 19.6 Å². The van der Waals surface area contributed by atoms with Crippen LogP contribution in [0.15, 0.2) is 24.3 Å². The summed E-state index contributed by atoms with van der Waals surface area (Å²) in [6.07, 6.45) is 2.87. The first kappa shape index (κ1) is 17.3. The number of carbonyl (C=O) groups is 2. The second kappa shape index (κ2) is 6.99. The predicted molar refractivity (Wildman–Crippen MR) is 85.7 cm³/mol. The Morgan fingerprint density at radius 1 is 1.35 bits per heavy atom. The lowest BCUT2D eigenvalue weighted by Crippen LogP contribution is -2.38. The van der Waals surface area contributed by atoms with Gasteiger partial charge in [-0.05, 0) is 31.0 Å². The molecule has 2 rings (SSSR count). The van der Waals surface area contributed by atoms with Gasteiger partial charge in [0.1, 0.15) is 0 Å². The van der Waals surface area contributed by atoms with E-state index in [1.165, 1.54) is 13.2 Å². The lowest BCUT2D eigenvalue weighted by Gasteiger charge is -2.23. The fourth-order valence-corrected chi connectivity index (χ4v) is 3.08. The summed E-state index contributed by atoms with van der Waals surface area (Å²) in [5, 5.41) is 2.73. The topological polar surface area (TPSA) is 92.8 Å². The second-order valence-electron chi connectivity index (χ2n) is 5.44. The molecule has 1 saturated carbocycles. The Bertz CT molecular complexity index is 698. The first-order valence-electron chi connectivity index (χ1n) is 7.26. The largest absolute Gasteiger partial charge is 0.465 e. The number of ether oxygens (including phenoxy) is 1. The summed E-state index contributed by atoms with van der Waals surface area (Å²) in [6, 6.07) is 6.18. The highest BCUT2D eigenvalue weighted by atomic mass is 32.2. The first-order valence-corrected chi connectivity index (χ1v) is 9.11. The molecule has 0 atom stereocenters. The highest BCUT2D eigenvalue weighted by Crippen LogP contribution is 2.28. The maximum Gasteiger partial charge on any atom is 0.337 e. The minimum Gasteiger partial charge on any atom is -0.465 e. The first-order chi connectivity index (χ1) is 10.8. The van der Waals surface area contributed by atoms with Crippen molar-refractivity contribution in [3.8, 4) is 0 Å². The average Bonchev–Trinajstić information content (AvgIpc) is 3.34. The molecule has 1 aromatic carbocycles. The third-order valence-corrected chi connectivity index (χ3v) is 4.71. The summed E-state index contributed by atoms with van der Waals surface area (Å²) in [7, 11) is -2.28. The molecule has 1 N–H and O–H groups in total. The van der Waals surface area contributed by atoms with Gasteiger partial charge in [0.05, 0.1) is 31.2 Å². The Kier molecular flexibility index (Phi) is 5.25. The Labute approximate surface area is 135 Å². The van der Waals surface area contributed by atoms with Gasteiger partial charge in [-0.3, -0.25) is 9.10 Å². The number of methoxy groups -OCH3 is 1. The van der Waals surface area contributed by atoms with Gasteiger partial charge in [-0.1, -0.05) is 6.07 Å². The highest BCUT2D eigenvalue weighted by Gasteiger charge is 2.29. The van der Waals surface area contributed by atoms with Crippen LogP contribution < -0.4 is 9.62 Å². The van der Waals surface area contributed by atoms with E-state index in [2.05, 4.69) is 10.1 Å². The van der Waals surface area contributed by atoms with Gasteiger partial charge in [0.15, 0.2) is 0 Å². The molecule has 0 aromatic heterocycles. The minimum atomic E-state index is -3.54. The van der Waals surface area contributed by atoms with Crippen molar-refractivity contribution in [2.75, 3.05) is 30.8 Å². The van der Waals surface area contributed by atoms with Crippen LogP contribution in [0.2, 0.25) is 0 Å². The summed E-state index contributed by atoms with van der Waals surface area (Å²) >= 11 is 0. The Hall–Kier alpha value is -2.09. The summed E-state index contributed by atoms with van der Waals surface area (Å²) in [5.41, 5.74) is 0.622. The van der Waals surface area contributed by atoms with Crippen molar-refractivity contribution in [3.63, 3.8) is 0 Å². The number of hydrogen-bond acceptors (Lipinski definition) is 5. The standard InChI is InChI=1S/C15H20N2O5S/c1-22-15(19)12-4-3-5-13(10-12)17(23(2,20)21)9-8-16-14(18)11-6-7-11/h3-5,10-11H,6-9H2,1-2H3,(H,16,18). The molecule has 0 aliphatic heterocycles. The van der Waals surface area contributed by atoms with Crippen molar-refractivity contribution in [1.29, 1.82) is 0 Å². The van der Waals surface area contributed by atoms with E-state index in [0.717, 1.165) is 23.4 Å². The highest BCUT2D eigenvalue weighted by molar-refractivity contribution is 7.92. The number of anilines is 1. The third kappa shape index (κ3) is 4.69. The molecule has 1 aromatic rings. The summed E-state index contributed by atoms with van der Waals surface area (Å²) in [6.45, 7) is 0.312. The number of benzene rings is 1. The number of amides is 1. The molecule has 7 nitrogen and oxygen atoms in total. The SMILES string of the molecule is COC(=O)c1cccc(N(CCNC(=O)C2CC2)S(C)(=O)=O)c1. The molecule has 0 saturated heterocycles. The second-order valence-corrected chi connectivity index (χ2v) is 7.35. The van der Waals surface area contributed by atoms with Gasteiger partial charge in [-0.15, -0.1) is 0 Å². The minimum absolute atomic E-state index is 0.0400. The number of esters is 1. The van der Waals surface area contributed by atoms with Crippen LogP contribution in [-0.4, -0.2) is 46.7 Å². The lowest BCUT2D eigenvalue weighted by molar-refractivity contribution is -0.122. The summed E-state index contributed by atoms with van der Waals surface area (Å²) in [4.78, 5) is 23.2. The average molecular weight is 340 g/mol. The van der Waals surface area contributed by atoms with E-state index < -0.39 is 16.0 Å². The molecular formula is C15H20N2O5S. The zero-order valence-electron chi connectivity index (χ0n) is 13.1. The van der Waals surface area contributed by atoms with Crippen LogP contribution in [0.25, 0.3) is 0 Å². The van der Waals surface area contributed by atoms with E-state index in [1.807, 2.05) is 0 Å². The molecule has 1 aliphatic carbocycles. The van der Waals surface area contributed by atoms with E-state index in [4.69, 9.17) is 0 Å². The number of carbonyl (C=O) groups excluding carboxylic acids is 2. The molecule has 126 valence electrons. The molecule has 1 aliphatic rings. The fraction of sp³-hybridized carbons (Fsp3) is 0.467. The van der Waals surface area contributed by atoms with Crippen molar-refractivity contribution in [1.82, 2.24) is 5.32 Å². The van der Waals surface area contributed by atoms with Crippen LogP contribution in [0.1, 0.15) is 23.2 Å². The Morgan fingerprint density at radius 2 is 2.04 bits per heavy atom. The van der Waals surface area contributed by atoms with Crippen molar-refractivity contribution in [3.05, 3.63) is 29.8 Å². The molecule has 0 unspecified atom stereocenters. The van der Waals surface area contributed by atoms with Gasteiger partial charge in [0.25, 0.3) is 0 Å². The number of sulfonamides is 1. The Balaban J connectivity index is 2.11. The molecule has 8 heteroatoms. The van der Waals surface area contributed by atoms with E-state index in [0.29, 0.717) is 5.69 Å². The van der Waals surface area contributed by atoms with E-state index in [1.54, 1.807) is 18.2 Å². The summed E-state index contributed by atoms with van der Waals surface area (Å²) in [5.74, 6) is -0.506. The maximum absolute atomic E-state index is 12.0. The van der Waals surface area contributed by atoms with E-state index in [9.17, 15) is 18.0 Å². The zero-order valence-corrected chi connectivity index (χ0v) is 13.9. The normalized spacial score (nSPS) is 14.2. The number of nitrogens with zero attached hydrogens (tertiary/aromatic N) is 1. The monoisotopic (exact) mass is 340 g/mol. The molecule has 0 bridgehead atoms. The van der Waals surface area contributed by atoms with Gasteiger partial charge in [-0.2, -0.15) is 0 Å². The van der Waals surface area contributed by atoms with Gasteiger partial charge in [0.2, 0.25) is 15.9 Å². The smallest absolute Gasteiger partial charge is 0.337 e. The van der Waals surface area contributed by atoms with Crippen LogP contribution >= 0.6 is 0 Å². The molecule has 1 amide bonds. The van der Waals surface area contributed by atoms with Gasteiger partial charge in [-0.25, -0.2) is 13.2 Å². The van der Waals surface area contributed by atoms with Gasteiger partial charge >= 0.3 is 5.97 Å². The van der Waals surface area contributed by atoms with E-state index in [-0.39, 0.29) is 30.5 Å². The quantitative estimate of drug-likeness (QED) is 0.740. The van der Waals surface area contributed by atoms with Crippen molar-refractivity contribution >= 4 is 27.6 Å². The number of nitrogens with one attached hydrogen (secondary N) is 1. The molecular weight excluding hydrogens is 320 g/mol. The van der Waals surface area contributed by atoms with Crippen molar-refractivity contribution in [2.45, 2.75) is 12.8 Å². The fourth-order valence-electron chi connectivity index (χ4n) is 2.16. The molecule has 23 heavy (non-hydrogen) atoms. The van der Waals surface area contributed by atoms with Crippen LogP contribution in [0.4, 0.5) is 5.69 Å². The van der Waals surface area contributed by atoms with Crippen LogP contribution in [0.3, 0.4) is 0 Å². The van der Waals surface area contributed by atoms with Crippen molar-refractivity contribution in [2.24, 2.45) is 5.92 Å². The van der Waals surface area contributed by atoms with Gasteiger partial charge in [0, 0.05) is 12.5 Å². The number of hydrogen-bond donors (Lipinski definition) is 1. The van der Waals surface area contributed by atoms with Crippen LogP contribution in [0.5, 0.6) is 0 Å². The Morgan fingerprint density at radius 3 is 2.61 bits per heavy atom. The molecule has 0 radical (unpaired) electrons. The molecule has 0 heterocycles. The molecule has 1 fully saturated rings. The molecule has 0 spiro atoms. The lowest BCUT2D eigenvalue weighted by atomic mass is 10.2. The predicted octanol–water partition coefficient (Wildman–Crippen LogP) is 0.765. The van der Waals surface area contributed by atoms with E-state index >= 15 is 0 Å². The maximum atomic E-state index is 12.0. The summed E-state index contributed by atoms with van der Waals surface area (Å²) < 4.78 is 29.8. The van der Waals surface area contributed by atoms with Crippen LogP contribution in [0, 0.1) is 5.92 Å².